The average Bonchev–Trinajstić information content (AvgIpc) is 2.31. The van der Waals surface area contributed by atoms with E-state index in [4.69, 9.17) is 5.73 Å². The van der Waals surface area contributed by atoms with Crippen LogP contribution < -0.4 is 5.73 Å². The van der Waals surface area contributed by atoms with Crippen molar-refractivity contribution < 1.29 is 0 Å². The van der Waals surface area contributed by atoms with Gasteiger partial charge in [-0.2, -0.15) is 0 Å². The van der Waals surface area contributed by atoms with Gasteiger partial charge in [0.2, 0.25) is 0 Å². The van der Waals surface area contributed by atoms with E-state index < -0.39 is 0 Å². The molecule has 0 aliphatic carbocycles. The molecule has 0 saturated heterocycles. The molecule has 1 rings (SSSR count). The second-order valence-electron chi connectivity index (χ2n) is 3.61. The predicted octanol–water partition coefficient (Wildman–Crippen LogP) is 2.97. The van der Waals surface area contributed by atoms with Gasteiger partial charge in [-0.3, -0.25) is 0 Å². The van der Waals surface area contributed by atoms with Gasteiger partial charge in [-0.05, 0) is 11.8 Å². The van der Waals surface area contributed by atoms with E-state index in [9.17, 15) is 0 Å². The van der Waals surface area contributed by atoms with Crippen LogP contribution in [-0.4, -0.2) is 4.98 Å². The summed E-state index contributed by atoms with van der Waals surface area (Å²) in [6.45, 7) is 8.67. The number of rotatable bonds is 2. The minimum absolute atomic E-state index is 0.482. The molecule has 0 aliphatic heterocycles. The summed E-state index contributed by atoms with van der Waals surface area (Å²) in [7, 11) is 0. The summed E-state index contributed by atoms with van der Waals surface area (Å²) >= 11 is 1.62. The minimum atomic E-state index is 0.482. The normalized spacial score (nSPS) is 11.5. The summed E-state index contributed by atoms with van der Waals surface area (Å²) in [6, 6.07) is 0. The van der Waals surface area contributed by atoms with Gasteiger partial charge in [-0.15, -0.1) is 11.3 Å². The molecule has 68 valence electrons. The molecule has 0 aromatic carbocycles. The molecular formula is C9H16N2S. The Balaban J connectivity index is 3.08. The van der Waals surface area contributed by atoms with Crippen LogP contribution in [-0.2, 0) is 0 Å². The van der Waals surface area contributed by atoms with E-state index >= 15 is 0 Å². The fourth-order valence-electron chi connectivity index (χ4n) is 1.19. The molecule has 0 amide bonds. The summed E-state index contributed by atoms with van der Waals surface area (Å²) in [4.78, 5) is 5.66. The minimum Gasteiger partial charge on any atom is -0.375 e. The standard InChI is InChI=1S/C9H16N2S/c1-5(2)7-8(6(3)4)12-9(10)11-7/h5-6H,1-4H3,(H2,10,11). The summed E-state index contributed by atoms with van der Waals surface area (Å²) in [5.41, 5.74) is 6.84. The first kappa shape index (κ1) is 9.52. The number of nitrogen functional groups attached to an aromatic ring is 1. The molecule has 0 saturated carbocycles. The van der Waals surface area contributed by atoms with Crippen molar-refractivity contribution in [1.29, 1.82) is 0 Å². The van der Waals surface area contributed by atoms with E-state index in [1.54, 1.807) is 11.3 Å². The van der Waals surface area contributed by atoms with E-state index in [0.29, 0.717) is 17.0 Å². The molecule has 0 radical (unpaired) electrons. The zero-order valence-corrected chi connectivity index (χ0v) is 8.90. The summed E-state index contributed by atoms with van der Waals surface area (Å²) in [5.74, 6) is 1.02. The molecular weight excluding hydrogens is 168 g/mol. The van der Waals surface area contributed by atoms with Crippen LogP contribution in [0.2, 0.25) is 0 Å². The van der Waals surface area contributed by atoms with E-state index in [2.05, 4.69) is 32.7 Å². The van der Waals surface area contributed by atoms with Gasteiger partial charge in [0.15, 0.2) is 5.13 Å². The van der Waals surface area contributed by atoms with Gasteiger partial charge in [-0.25, -0.2) is 4.98 Å². The molecule has 0 bridgehead atoms. The van der Waals surface area contributed by atoms with Gasteiger partial charge in [0.1, 0.15) is 0 Å². The third-order valence-corrected chi connectivity index (χ3v) is 2.97. The maximum atomic E-state index is 5.66. The van der Waals surface area contributed by atoms with Crippen LogP contribution in [0.15, 0.2) is 0 Å². The quantitative estimate of drug-likeness (QED) is 0.767. The number of nitrogens with two attached hydrogens (primary N) is 1. The Bertz CT molecular complexity index is 238. The number of hydrogen-bond donors (Lipinski definition) is 1. The first-order valence-electron chi connectivity index (χ1n) is 4.28. The van der Waals surface area contributed by atoms with E-state index in [-0.39, 0.29) is 0 Å². The Morgan fingerprint density at radius 1 is 1.17 bits per heavy atom. The molecule has 0 aliphatic rings. The molecule has 0 fully saturated rings. The molecule has 0 unspecified atom stereocenters. The Hall–Kier alpha value is -0.570. The number of aromatic nitrogens is 1. The molecule has 0 spiro atoms. The van der Waals surface area contributed by atoms with Gasteiger partial charge >= 0.3 is 0 Å². The zero-order valence-electron chi connectivity index (χ0n) is 8.09. The van der Waals surface area contributed by atoms with Crippen molar-refractivity contribution in [3.8, 4) is 0 Å². The second kappa shape index (κ2) is 3.44. The van der Waals surface area contributed by atoms with Crippen molar-refractivity contribution in [1.82, 2.24) is 4.98 Å². The van der Waals surface area contributed by atoms with Crippen molar-refractivity contribution >= 4 is 16.5 Å². The summed E-state index contributed by atoms with van der Waals surface area (Å²) in [6.07, 6.45) is 0. The number of hydrogen-bond acceptors (Lipinski definition) is 3. The van der Waals surface area contributed by atoms with Crippen LogP contribution in [0.4, 0.5) is 5.13 Å². The van der Waals surface area contributed by atoms with E-state index in [1.807, 2.05) is 0 Å². The highest BCUT2D eigenvalue weighted by Crippen LogP contribution is 2.32. The SMILES string of the molecule is CC(C)c1nc(N)sc1C(C)C. The number of anilines is 1. The fraction of sp³-hybridized carbons (Fsp3) is 0.667. The van der Waals surface area contributed by atoms with Gasteiger partial charge in [0.05, 0.1) is 5.69 Å². The predicted molar refractivity (Wildman–Crippen MR) is 54.7 cm³/mol. The molecule has 2 N–H and O–H groups in total. The maximum Gasteiger partial charge on any atom is 0.180 e. The van der Waals surface area contributed by atoms with Gasteiger partial charge in [-0.1, -0.05) is 27.7 Å². The van der Waals surface area contributed by atoms with Gasteiger partial charge in [0, 0.05) is 4.88 Å². The number of nitrogens with zero attached hydrogens (tertiary/aromatic N) is 1. The topological polar surface area (TPSA) is 38.9 Å². The van der Waals surface area contributed by atoms with Crippen LogP contribution in [0.5, 0.6) is 0 Å². The molecule has 1 heterocycles. The van der Waals surface area contributed by atoms with Crippen molar-refractivity contribution in [2.75, 3.05) is 5.73 Å². The van der Waals surface area contributed by atoms with E-state index in [1.165, 1.54) is 10.6 Å². The lowest BCUT2D eigenvalue weighted by molar-refractivity contribution is 0.781. The first-order valence-corrected chi connectivity index (χ1v) is 5.10. The first-order chi connectivity index (χ1) is 5.52. The molecule has 12 heavy (non-hydrogen) atoms. The average molecular weight is 184 g/mol. The van der Waals surface area contributed by atoms with Crippen molar-refractivity contribution in [2.24, 2.45) is 0 Å². The second-order valence-corrected chi connectivity index (χ2v) is 4.67. The molecule has 3 heteroatoms. The summed E-state index contributed by atoms with van der Waals surface area (Å²) < 4.78 is 0. The largest absolute Gasteiger partial charge is 0.375 e. The molecule has 1 aromatic rings. The molecule has 0 atom stereocenters. The molecule has 2 nitrogen and oxygen atoms in total. The summed E-state index contributed by atoms with van der Waals surface area (Å²) in [5, 5.41) is 0.697. The van der Waals surface area contributed by atoms with Crippen molar-refractivity contribution in [3.05, 3.63) is 10.6 Å². The zero-order chi connectivity index (χ0) is 9.30. The lowest BCUT2D eigenvalue weighted by atomic mass is 10.0. The molecule has 1 aromatic heterocycles. The highest BCUT2D eigenvalue weighted by molar-refractivity contribution is 7.15. The van der Waals surface area contributed by atoms with Crippen molar-refractivity contribution in [3.63, 3.8) is 0 Å². The van der Waals surface area contributed by atoms with E-state index in [0.717, 1.165) is 0 Å². The maximum absolute atomic E-state index is 5.66. The van der Waals surface area contributed by atoms with Gasteiger partial charge in [0.25, 0.3) is 0 Å². The van der Waals surface area contributed by atoms with Crippen molar-refractivity contribution in [2.45, 2.75) is 39.5 Å². The van der Waals surface area contributed by atoms with Crippen LogP contribution in [0.3, 0.4) is 0 Å². The third-order valence-electron chi connectivity index (χ3n) is 1.77. The Morgan fingerprint density at radius 2 is 1.75 bits per heavy atom. The smallest absolute Gasteiger partial charge is 0.180 e. The Morgan fingerprint density at radius 3 is 2.08 bits per heavy atom. The lowest BCUT2D eigenvalue weighted by Gasteiger charge is -2.06. The highest BCUT2D eigenvalue weighted by atomic mass is 32.1. The number of thiazole rings is 1. The lowest BCUT2D eigenvalue weighted by Crippen LogP contribution is -1.95. The van der Waals surface area contributed by atoms with Crippen LogP contribution in [0, 0.1) is 0 Å². The van der Waals surface area contributed by atoms with Crippen LogP contribution in [0.1, 0.15) is 50.1 Å². The fourth-order valence-corrected chi connectivity index (χ4v) is 2.18. The Kier molecular flexibility index (Phi) is 2.73. The van der Waals surface area contributed by atoms with Crippen LogP contribution in [0.25, 0.3) is 0 Å². The van der Waals surface area contributed by atoms with Crippen LogP contribution >= 0.6 is 11.3 Å². The monoisotopic (exact) mass is 184 g/mol. The van der Waals surface area contributed by atoms with Gasteiger partial charge < -0.3 is 5.73 Å². The third kappa shape index (κ3) is 1.78. The Labute approximate surface area is 77.8 Å². The highest BCUT2D eigenvalue weighted by Gasteiger charge is 2.14.